The molecule has 0 amide bonds. The summed E-state index contributed by atoms with van der Waals surface area (Å²) < 4.78 is 36.7. The normalized spacial score (nSPS) is 11.7. The third kappa shape index (κ3) is 4.25. The van der Waals surface area contributed by atoms with Crippen LogP contribution in [-0.4, -0.2) is 20.8 Å². The van der Waals surface area contributed by atoms with Gasteiger partial charge in [-0.05, 0) is 27.7 Å². The van der Waals surface area contributed by atoms with Crippen LogP contribution in [0.25, 0.3) is 0 Å². The van der Waals surface area contributed by atoms with Crippen molar-refractivity contribution in [3.05, 3.63) is 27.4 Å². The Morgan fingerprint density at radius 1 is 1.53 bits per heavy atom. The van der Waals surface area contributed by atoms with E-state index in [9.17, 15) is 18.0 Å². The average Bonchev–Trinajstić information content (AvgIpc) is 2.10. The molecule has 0 unspecified atom stereocenters. The lowest BCUT2D eigenvalue weighted by molar-refractivity contribution is -0.0328. The van der Waals surface area contributed by atoms with Gasteiger partial charge in [-0.1, -0.05) is 0 Å². The van der Waals surface area contributed by atoms with E-state index in [1.165, 1.54) is 12.5 Å². The quantitative estimate of drug-likeness (QED) is 0.859. The minimum atomic E-state index is -4.26. The van der Waals surface area contributed by atoms with E-state index in [4.69, 9.17) is 0 Å². The fourth-order valence-corrected chi connectivity index (χ4v) is 1.71. The zero-order valence-corrected chi connectivity index (χ0v) is 9.69. The van der Waals surface area contributed by atoms with Crippen molar-refractivity contribution in [3.8, 4) is 0 Å². The number of rotatable bonds is 3. The van der Waals surface area contributed by atoms with Crippen molar-refractivity contribution in [1.29, 1.82) is 0 Å². The van der Waals surface area contributed by atoms with Crippen LogP contribution < -0.4 is 5.56 Å². The second-order valence-electron chi connectivity index (χ2n) is 2.53. The van der Waals surface area contributed by atoms with Crippen LogP contribution >= 0.6 is 27.7 Å². The largest absolute Gasteiger partial charge is 0.441 e. The Labute approximate surface area is 95.8 Å². The molecule has 8 heteroatoms. The van der Waals surface area contributed by atoms with Crippen LogP contribution in [-0.2, 0) is 6.54 Å². The minimum Gasteiger partial charge on any atom is -0.297 e. The lowest BCUT2D eigenvalue weighted by Crippen LogP contribution is -2.22. The van der Waals surface area contributed by atoms with Gasteiger partial charge in [-0.2, -0.15) is 13.2 Å². The topological polar surface area (TPSA) is 34.9 Å². The van der Waals surface area contributed by atoms with Gasteiger partial charge in [-0.25, -0.2) is 4.98 Å². The van der Waals surface area contributed by atoms with Crippen LogP contribution in [0.5, 0.6) is 0 Å². The van der Waals surface area contributed by atoms with Gasteiger partial charge in [0, 0.05) is 18.5 Å². The molecule has 15 heavy (non-hydrogen) atoms. The molecule has 0 fully saturated rings. The molecule has 1 aromatic heterocycles. The molecule has 1 aromatic rings. The summed E-state index contributed by atoms with van der Waals surface area (Å²) >= 11 is 2.79. The van der Waals surface area contributed by atoms with E-state index < -0.39 is 5.51 Å². The number of nitrogens with zero attached hydrogens (tertiary/aromatic N) is 2. The van der Waals surface area contributed by atoms with Gasteiger partial charge in [-0.15, -0.1) is 0 Å². The molecule has 1 rings (SSSR count). The fourth-order valence-electron chi connectivity index (χ4n) is 0.843. The zero-order valence-electron chi connectivity index (χ0n) is 7.29. The van der Waals surface area contributed by atoms with Gasteiger partial charge in [0.25, 0.3) is 5.56 Å². The smallest absolute Gasteiger partial charge is 0.297 e. The SMILES string of the molecule is O=c1c(Br)cncn1CCSC(F)(F)F. The first-order valence-corrected chi connectivity index (χ1v) is 5.58. The lowest BCUT2D eigenvalue weighted by Gasteiger charge is -2.06. The summed E-state index contributed by atoms with van der Waals surface area (Å²) in [5.74, 6) is -0.207. The molecule has 0 bridgehead atoms. The van der Waals surface area contributed by atoms with Crippen molar-refractivity contribution < 1.29 is 13.2 Å². The predicted octanol–water partition coefficient (Wildman–Crippen LogP) is 2.26. The summed E-state index contributed by atoms with van der Waals surface area (Å²) in [6.45, 7) is -0.0184. The lowest BCUT2D eigenvalue weighted by atomic mass is 10.6. The maximum Gasteiger partial charge on any atom is 0.441 e. The monoisotopic (exact) mass is 302 g/mol. The number of halogens is 4. The number of aryl methyl sites for hydroxylation is 1. The van der Waals surface area contributed by atoms with Gasteiger partial charge in [-0.3, -0.25) is 9.36 Å². The van der Waals surface area contributed by atoms with E-state index in [0.29, 0.717) is 0 Å². The van der Waals surface area contributed by atoms with Crippen molar-refractivity contribution in [2.24, 2.45) is 0 Å². The van der Waals surface area contributed by atoms with Crippen LogP contribution in [0.1, 0.15) is 0 Å². The first kappa shape index (κ1) is 12.6. The van der Waals surface area contributed by atoms with Crippen molar-refractivity contribution in [3.63, 3.8) is 0 Å². The van der Waals surface area contributed by atoms with Crippen molar-refractivity contribution in [1.82, 2.24) is 9.55 Å². The standard InChI is InChI=1S/C7H6BrF3N2OS/c8-5-3-12-4-13(6(5)14)1-2-15-7(9,10)11/h3-4H,1-2H2. The molecular weight excluding hydrogens is 297 g/mol. The van der Waals surface area contributed by atoms with Gasteiger partial charge in [0.15, 0.2) is 0 Å². The summed E-state index contributed by atoms with van der Waals surface area (Å²) in [5.41, 5.74) is -4.64. The summed E-state index contributed by atoms with van der Waals surface area (Å²) in [6.07, 6.45) is 2.51. The van der Waals surface area contributed by atoms with Gasteiger partial charge >= 0.3 is 5.51 Å². The molecular formula is C7H6BrF3N2OS. The number of hydrogen-bond acceptors (Lipinski definition) is 3. The Hall–Kier alpha value is -0.500. The highest BCUT2D eigenvalue weighted by atomic mass is 79.9. The minimum absolute atomic E-state index is 0.0184. The van der Waals surface area contributed by atoms with Gasteiger partial charge in [0.2, 0.25) is 0 Å². The Morgan fingerprint density at radius 2 is 2.20 bits per heavy atom. The number of thioether (sulfide) groups is 1. The Balaban J connectivity index is 2.59. The third-order valence-corrected chi connectivity index (χ3v) is 2.71. The molecule has 0 aromatic carbocycles. The molecule has 0 aliphatic heterocycles. The van der Waals surface area contributed by atoms with E-state index in [1.807, 2.05) is 0 Å². The van der Waals surface area contributed by atoms with E-state index in [2.05, 4.69) is 20.9 Å². The van der Waals surface area contributed by atoms with Crippen LogP contribution in [0.2, 0.25) is 0 Å². The highest BCUT2D eigenvalue weighted by Crippen LogP contribution is 2.29. The highest BCUT2D eigenvalue weighted by molar-refractivity contribution is 9.10. The Kier molecular flexibility index (Phi) is 4.21. The van der Waals surface area contributed by atoms with E-state index in [0.717, 1.165) is 4.57 Å². The number of alkyl halides is 3. The van der Waals surface area contributed by atoms with Crippen molar-refractivity contribution in [2.45, 2.75) is 12.1 Å². The molecule has 0 saturated carbocycles. The molecule has 0 radical (unpaired) electrons. The van der Waals surface area contributed by atoms with Gasteiger partial charge in [0.1, 0.15) is 4.47 Å². The van der Waals surface area contributed by atoms with E-state index in [-0.39, 0.29) is 34.1 Å². The van der Waals surface area contributed by atoms with Crippen molar-refractivity contribution in [2.75, 3.05) is 5.75 Å². The van der Waals surface area contributed by atoms with Crippen LogP contribution in [0, 0.1) is 0 Å². The molecule has 0 N–H and O–H groups in total. The molecule has 3 nitrogen and oxygen atoms in total. The van der Waals surface area contributed by atoms with E-state index in [1.54, 1.807) is 0 Å². The maximum atomic E-state index is 11.8. The molecule has 0 atom stereocenters. The molecule has 0 spiro atoms. The highest BCUT2D eigenvalue weighted by Gasteiger charge is 2.27. The average molecular weight is 303 g/mol. The summed E-state index contributed by atoms with van der Waals surface area (Å²) in [4.78, 5) is 15.0. The molecule has 0 aliphatic carbocycles. The third-order valence-electron chi connectivity index (χ3n) is 1.46. The first-order valence-electron chi connectivity index (χ1n) is 3.81. The summed E-state index contributed by atoms with van der Waals surface area (Å²) in [6, 6.07) is 0. The fraction of sp³-hybridized carbons (Fsp3) is 0.429. The zero-order chi connectivity index (χ0) is 11.5. The molecule has 0 aliphatic rings. The predicted molar refractivity (Wildman–Crippen MR) is 54.7 cm³/mol. The summed E-state index contributed by atoms with van der Waals surface area (Å²) in [7, 11) is 0. The number of aromatic nitrogens is 2. The maximum absolute atomic E-state index is 11.8. The van der Waals surface area contributed by atoms with Gasteiger partial charge in [0.05, 0.1) is 6.33 Å². The molecule has 1 heterocycles. The second-order valence-corrected chi connectivity index (χ2v) is 4.55. The van der Waals surface area contributed by atoms with Crippen LogP contribution in [0.3, 0.4) is 0 Å². The Bertz CT molecular complexity index is 393. The van der Waals surface area contributed by atoms with E-state index >= 15 is 0 Å². The second kappa shape index (κ2) is 5.02. The number of hydrogen-bond donors (Lipinski definition) is 0. The van der Waals surface area contributed by atoms with Gasteiger partial charge < -0.3 is 0 Å². The Morgan fingerprint density at radius 3 is 2.80 bits per heavy atom. The van der Waals surface area contributed by atoms with Crippen LogP contribution in [0.4, 0.5) is 13.2 Å². The van der Waals surface area contributed by atoms with Crippen molar-refractivity contribution >= 4 is 27.7 Å². The van der Waals surface area contributed by atoms with Crippen LogP contribution in [0.15, 0.2) is 21.8 Å². The molecule has 0 saturated heterocycles. The first-order chi connectivity index (χ1) is 6.90. The summed E-state index contributed by atoms with van der Waals surface area (Å²) in [5, 5.41) is 0. The molecule has 84 valence electrons.